The van der Waals surface area contributed by atoms with E-state index in [0.717, 1.165) is 24.5 Å². The third-order valence-electron chi connectivity index (χ3n) is 5.15. The van der Waals surface area contributed by atoms with Crippen molar-refractivity contribution < 1.29 is 4.79 Å². The van der Waals surface area contributed by atoms with Crippen molar-refractivity contribution in [1.82, 2.24) is 29.7 Å². The third-order valence-corrected chi connectivity index (χ3v) is 5.15. The number of nitrogens with zero attached hydrogens (tertiary/aromatic N) is 7. The highest BCUT2D eigenvalue weighted by molar-refractivity contribution is 5.99. The highest BCUT2D eigenvalue weighted by atomic mass is 16.2. The van der Waals surface area contributed by atoms with Crippen LogP contribution in [0.3, 0.4) is 0 Å². The number of aromatic nitrogens is 3. The van der Waals surface area contributed by atoms with Crippen LogP contribution in [0.15, 0.2) is 78.6 Å². The van der Waals surface area contributed by atoms with Gasteiger partial charge in [-0.1, -0.05) is 24.8 Å². The van der Waals surface area contributed by atoms with Gasteiger partial charge in [-0.05, 0) is 25.5 Å². The Morgan fingerprint density at radius 1 is 1.10 bits per heavy atom. The van der Waals surface area contributed by atoms with Crippen molar-refractivity contribution in [2.24, 2.45) is 4.99 Å². The van der Waals surface area contributed by atoms with Gasteiger partial charge in [0.15, 0.2) is 5.84 Å². The first-order valence-electron chi connectivity index (χ1n) is 10.0. The lowest BCUT2D eigenvalue weighted by molar-refractivity contribution is 0.0763. The normalized spacial score (nSPS) is 17.4. The fourth-order valence-corrected chi connectivity index (χ4v) is 3.69. The molecule has 8 nitrogen and oxygen atoms in total. The standard InChI is InChI=1S/C22H25N7O/c1-3-12-26-15-11-23-21(18(26)2)27-13-6-14-28(17-16-27)22(30)19-7-4-5-8-20(19)29-24-9-10-25-29/h3-5,7-12,15H,2,6,13-14,16-17H2,1H3/b12-3-. The molecule has 0 aliphatic carbocycles. The van der Waals surface area contributed by atoms with E-state index < -0.39 is 0 Å². The van der Waals surface area contributed by atoms with Crippen LogP contribution in [-0.2, 0) is 0 Å². The third kappa shape index (κ3) is 3.89. The van der Waals surface area contributed by atoms with Crippen molar-refractivity contribution in [3.8, 4) is 5.69 Å². The van der Waals surface area contributed by atoms with Gasteiger partial charge >= 0.3 is 0 Å². The Morgan fingerprint density at radius 2 is 1.90 bits per heavy atom. The molecule has 1 aromatic heterocycles. The number of hydrogen-bond donors (Lipinski definition) is 0. The van der Waals surface area contributed by atoms with Crippen LogP contribution in [0.5, 0.6) is 0 Å². The quantitative estimate of drug-likeness (QED) is 0.788. The van der Waals surface area contributed by atoms with Crippen molar-refractivity contribution in [3.05, 3.63) is 79.2 Å². The molecule has 1 fully saturated rings. The molecule has 3 heterocycles. The summed E-state index contributed by atoms with van der Waals surface area (Å²) in [6.07, 6.45) is 11.7. The van der Waals surface area contributed by atoms with E-state index in [1.54, 1.807) is 18.6 Å². The number of allylic oxidation sites excluding steroid dienone is 1. The number of amides is 1. The van der Waals surface area contributed by atoms with Crippen LogP contribution in [0.4, 0.5) is 0 Å². The minimum absolute atomic E-state index is 0.00963. The molecule has 0 atom stereocenters. The average Bonchev–Trinajstić information content (AvgIpc) is 3.20. The fraction of sp³-hybridized carbons (Fsp3) is 0.273. The summed E-state index contributed by atoms with van der Waals surface area (Å²) in [6, 6.07) is 7.44. The number of carbonyl (C=O) groups is 1. The van der Waals surface area contributed by atoms with Crippen molar-refractivity contribution in [1.29, 1.82) is 0 Å². The number of rotatable bonds is 3. The SMILES string of the molecule is C=C1C(N2CCCN(C(=O)c3ccccc3-n3nccn3)CC2)=NC=CN1/C=C\C. The Hall–Kier alpha value is -3.68. The molecule has 0 spiro atoms. The van der Waals surface area contributed by atoms with Gasteiger partial charge in [0, 0.05) is 44.8 Å². The van der Waals surface area contributed by atoms with Crippen LogP contribution in [0.1, 0.15) is 23.7 Å². The van der Waals surface area contributed by atoms with Crippen LogP contribution in [0.2, 0.25) is 0 Å². The summed E-state index contributed by atoms with van der Waals surface area (Å²) < 4.78 is 0. The van der Waals surface area contributed by atoms with Crippen molar-refractivity contribution in [3.63, 3.8) is 0 Å². The Morgan fingerprint density at radius 3 is 2.70 bits per heavy atom. The second-order valence-corrected chi connectivity index (χ2v) is 7.06. The van der Waals surface area contributed by atoms with E-state index in [1.807, 2.05) is 59.5 Å². The minimum atomic E-state index is -0.00963. The van der Waals surface area contributed by atoms with E-state index in [0.29, 0.717) is 30.9 Å². The van der Waals surface area contributed by atoms with Gasteiger partial charge in [0.25, 0.3) is 5.91 Å². The van der Waals surface area contributed by atoms with Crippen LogP contribution in [-0.4, -0.2) is 67.6 Å². The van der Waals surface area contributed by atoms with Crippen molar-refractivity contribution in [2.45, 2.75) is 13.3 Å². The largest absolute Gasteiger partial charge is 0.353 e. The van der Waals surface area contributed by atoms with Crippen LogP contribution in [0.25, 0.3) is 5.69 Å². The van der Waals surface area contributed by atoms with E-state index >= 15 is 0 Å². The maximum absolute atomic E-state index is 13.3. The maximum Gasteiger partial charge on any atom is 0.256 e. The van der Waals surface area contributed by atoms with Crippen LogP contribution in [0, 0.1) is 0 Å². The molecule has 0 unspecified atom stereocenters. The summed E-state index contributed by atoms with van der Waals surface area (Å²) in [5, 5.41) is 8.36. The van der Waals surface area contributed by atoms with Gasteiger partial charge in [0.1, 0.15) is 0 Å². The molecule has 30 heavy (non-hydrogen) atoms. The predicted octanol–water partition coefficient (Wildman–Crippen LogP) is 2.65. The van der Waals surface area contributed by atoms with Gasteiger partial charge in [-0.25, -0.2) is 4.99 Å². The van der Waals surface area contributed by atoms with Gasteiger partial charge in [-0.3, -0.25) is 4.79 Å². The summed E-state index contributed by atoms with van der Waals surface area (Å²) in [5.74, 6) is 0.843. The van der Waals surface area contributed by atoms with E-state index in [1.165, 1.54) is 4.80 Å². The van der Waals surface area contributed by atoms with E-state index in [-0.39, 0.29) is 5.91 Å². The van der Waals surface area contributed by atoms with Gasteiger partial charge in [-0.2, -0.15) is 15.0 Å². The Bertz CT molecular complexity index is 1010. The Labute approximate surface area is 176 Å². The fourth-order valence-electron chi connectivity index (χ4n) is 3.69. The number of aliphatic imine (C=N–C) groups is 1. The van der Waals surface area contributed by atoms with Crippen molar-refractivity contribution >= 4 is 11.7 Å². The number of amidine groups is 1. The smallest absolute Gasteiger partial charge is 0.256 e. The molecule has 2 aromatic rings. The molecule has 2 aliphatic heterocycles. The first kappa shape index (κ1) is 19.6. The zero-order valence-electron chi connectivity index (χ0n) is 17.1. The first-order valence-corrected chi connectivity index (χ1v) is 10.0. The summed E-state index contributed by atoms with van der Waals surface area (Å²) in [4.78, 5) is 25.4. The van der Waals surface area contributed by atoms with Gasteiger partial charge in [-0.15, -0.1) is 0 Å². The molecule has 0 bridgehead atoms. The van der Waals surface area contributed by atoms with Gasteiger partial charge in [0.2, 0.25) is 0 Å². The molecule has 0 saturated carbocycles. The lowest BCUT2D eigenvalue weighted by atomic mass is 10.1. The van der Waals surface area contributed by atoms with Crippen molar-refractivity contribution in [2.75, 3.05) is 26.2 Å². The highest BCUT2D eigenvalue weighted by Gasteiger charge is 2.26. The topological polar surface area (TPSA) is 69.9 Å². The Balaban J connectivity index is 1.49. The zero-order valence-corrected chi connectivity index (χ0v) is 17.1. The molecule has 8 heteroatoms. The molecule has 1 amide bonds. The zero-order chi connectivity index (χ0) is 20.9. The second-order valence-electron chi connectivity index (χ2n) is 7.06. The number of hydrogen-bond acceptors (Lipinski definition) is 6. The molecular weight excluding hydrogens is 378 g/mol. The molecule has 0 N–H and O–H groups in total. The molecule has 2 aliphatic rings. The second kappa shape index (κ2) is 8.77. The van der Waals surface area contributed by atoms with Crippen LogP contribution < -0.4 is 0 Å². The summed E-state index contributed by atoms with van der Waals surface area (Å²) in [6.45, 7) is 8.98. The van der Waals surface area contributed by atoms with Crippen LogP contribution >= 0.6 is 0 Å². The Kier molecular flexibility index (Phi) is 5.74. The molecule has 1 aromatic carbocycles. The highest BCUT2D eigenvalue weighted by Crippen LogP contribution is 2.19. The number of carbonyl (C=O) groups excluding carboxylic acids is 1. The van der Waals surface area contributed by atoms with E-state index in [2.05, 4.69) is 26.7 Å². The molecule has 4 rings (SSSR count). The monoisotopic (exact) mass is 403 g/mol. The lowest BCUT2D eigenvalue weighted by Gasteiger charge is -2.31. The lowest BCUT2D eigenvalue weighted by Crippen LogP contribution is -2.40. The molecule has 1 saturated heterocycles. The maximum atomic E-state index is 13.3. The molecular formula is C22H25N7O. The average molecular weight is 403 g/mol. The summed E-state index contributed by atoms with van der Waals surface area (Å²) in [5.41, 5.74) is 2.13. The van der Waals surface area contributed by atoms with Gasteiger partial charge < -0.3 is 14.7 Å². The molecule has 154 valence electrons. The minimum Gasteiger partial charge on any atom is -0.353 e. The van der Waals surface area contributed by atoms with Gasteiger partial charge in [0.05, 0.1) is 29.3 Å². The van der Waals surface area contributed by atoms with E-state index in [4.69, 9.17) is 0 Å². The number of benzene rings is 1. The molecule has 0 radical (unpaired) electrons. The predicted molar refractivity (Wildman–Crippen MR) is 116 cm³/mol. The van der Waals surface area contributed by atoms with E-state index in [9.17, 15) is 4.79 Å². The number of para-hydroxylation sites is 1. The summed E-state index contributed by atoms with van der Waals surface area (Å²) in [7, 11) is 0. The summed E-state index contributed by atoms with van der Waals surface area (Å²) >= 11 is 0. The first-order chi connectivity index (χ1) is 14.7.